The molecular weight excluding hydrogens is 474 g/mol. The molecule has 4 rings (SSSR count). The zero-order valence-electron chi connectivity index (χ0n) is 20.2. The van der Waals surface area contributed by atoms with Crippen LogP contribution < -0.4 is 10.3 Å². The highest BCUT2D eigenvalue weighted by Crippen LogP contribution is 2.30. The molecule has 0 bridgehead atoms. The first-order chi connectivity index (χ1) is 16.8. The van der Waals surface area contributed by atoms with E-state index in [0.29, 0.717) is 50.4 Å². The molecular formula is C22H31N7O5S. The van der Waals surface area contributed by atoms with E-state index in [1.165, 1.54) is 16.6 Å². The highest BCUT2D eigenvalue weighted by molar-refractivity contribution is 7.89. The highest BCUT2D eigenvalue weighted by Gasteiger charge is 2.30. The first-order valence-electron chi connectivity index (χ1n) is 11.8. The molecule has 0 saturated carbocycles. The zero-order valence-corrected chi connectivity index (χ0v) is 21.0. The van der Waals surface area contributed by atoms with Crippen LogP contribution >= 0.6 is 0 Å². The molecule has 0 aromatic carbocycles. The molecule has 1 saturated heterocycles. The summed E-state index contributed by atoms with van der Waals surface area (Å²) in [5.41, 5.74) is 1.05. The smallest absolute Gasteiger partial charge is 0.279 e. The van der Waals surface area contributed by atoms with Gasteiger partial charge in [-0.3, -0.25) is 9.48 Å². The molecule has 1 fully saturated rings. The third-order valence-corrected chi connectivity index (χ3v) is 7.99. The van der Waals surface area contributed by atoms with Crippen LogP contribution in [0.2, 0.25) is 0 Å². The summed E-state index contributed by atoms with van der Waals surface area (Å²) in [5, 5.41) is 13.6. The van der Waals surface area contributed by atoms with Gasteiger partial charge in [-0.25, -0.2) is 18.4 Å². The Morgan fingerprint density at radius 2 is 1.89 bits per heavy atom. The fourth-order valence-electron chi connectivity index (χ4n) is 4.25. The molecule has 0 atom stereocenters. The number of rotatable bonds is 9. The van der Waals surface area contributed by atoms with Crippen LogP contribution in [0, 0.1) is 0 Å². The van der Waals surface area contributed by atoms with Gasteiger partial charge in [0.1, 0.15) is 16.2 Å². The van der Waals surface area contributed by atoms with Gasteiger partial charge in [0, 0.05) is 26.2 Å². The van der Waals surface area contributed by atoms with E-state index in [1.807, 2.05) is 6.92 Å². The number of fused-ring (bicyclic) bond motifs is 1. The van der Waals surface area contributed by atoms with E-state index >= 15 is 0 Å². The van der Waals surface area contributed by atoms with E-state index < -0.39 is 15.6 Å². The Morgan fingerprint density at radius 3 is 2.51 bits per heavy atom. The number of aliphatic hydroxyl groups is 1. The molecule has 3 aromatic rings. The minimum atomic E-state index is -3.80. The Bertz CT molecular complexity index is 1360. The van der Waals surface area contributed by atoms with Crippen molar-refractivity contribution < 1.29 is 18.3 Å². The van der Waals surface area contributed by atoms with Crippen LogP contribution in [0.15, 0.2) is 22.0 Å². The van der Waals surface area contributed by atoms with Gasteiger partial charge in [-0.2, -0.15) is 9.40 Å². The number of nitrogens with one attached hydrogen (secondary N) is 1. The van der Waals surface area contributed by atoms with Crippen molar-refractivity contribution in [1.82, 2.24) is 33.9 Å². The van der Waals surface area contributed by atoms with Crippen LogP contribution in [0.1, 0.15) is 26.5 Å². The van der Waals surface area contributed by atoms with Gasteiger partial charge in [-0.1, -0.05) is 13.8 Å². The number of aryl methyl sites for hydroxylation is 1. The maximum absolute atomic E-state index is 13.4. The van der Waals surface area contributed by atoms with Crippen LogP contribution in [-0.4, -0.2) is 93.4 Å². The quantitative estimate of drug-likeness (QED) is 0.423. The Labute approximate surface area is 203 Å². The summed E-state index contributed by atoms with van der Waals surface area (Å²) >= 11 is 0. The summed E-state index contributed by atoms with van der Waals surface area (Å²) in [6.07, 6.45) is 1.82. The lowest BCUT2D eigenvalue weighted by atomic mass is 10.2. The number of pyridine rings is 1. The van der Waals surface area contributed by atoms with Gasteiger partial charge < -0.3 is 19.7 Å². The summed E-state index contributed by atoms with van der Waals surface area (Å²) < 4.78 is 35.4. The van der Waals surface area contributed by atoms with Crippen molar-refractivity contribution in [3.8, 4) is 17.3 Å². The highest BCUT2D eigenvalue weighted by atomic mass is 32.2. The molecule has 1 aliphatic heterocycles. The number of sulfonamides is 1. The average molecular weight is 506 g/mol. The van der Waals surface area contributed by atoms with Gasteiger partial charge in [0.15, 0.2) is 5.52 Å². The number of H-pyrrole nitrogens is 1. The molecule has 4 heterocycles. The Morgan fingerprint density at radius 1 is 1.14 bits per heavy atom. The second kappa shape index (κ2) is 10.4. The SMILES string of the molecule is CCOc1ncc(S(=O)(=O)N2CCN(CC)CC2)cc1-c1nc2c(CC)n(CCO)nc2c(=O)[nH]1. The van der Waals surface area contributed by atoms with E-state index in [9.17, 15) is 18.3 Å². The molecule has 35 heavy (non-hydrogen) atoms. The lowest BCUT2D eigenvalue weighted by molar-refractivity contribution is 0.196. The Kier molecular flexibility index (Phi) is 7.50. The zero-order chi connectivity index (χ0) is 25.2. The first kappa shape index (κ1) is 25.2. The summed E-state index contributed by atoms with van der Waals surface area (Å²) in [6.45, 7) is 9.14. The Hall–Kier alpha value is -2.87. The number of aromatic amines is 1. The van der Waals surface area contributed by atoms with Crippen molar-refractivity contribution in [3.63, 3.8) is 0 Å². The third kappa shape index (κ3) is 4.81. The van der Waals surface area contributed by atoms with Crippen molar-refractivity contribution in [1.29, 1.82) is 0 Å². The van der Waals surface area contributed by atoms with Crippen molar-refractivity contribution in [2.24, 2.45) is 0 Å². The summed E-state index contributed by atoms with van der Waals surface area (Å²) in [4.78, 5) is 26.7. The Balaban J connectivity index is 1.82. The molecule has 0 unspecified atom stereocenters. The number of aromatic nitrogens is 5. The fourth-order valence-corrected chi connectivity index (χ4v) is 5.65. The van der Waals surface area contributed by atoms with Gasteiger partial charge in [-0.05, 0) is 26.0 Å². The summed E-state index contributed by atoms with van der Waals surface area (Å²) in [7, 11) is -3.80. The maximum atomic E-state index is 13.4. The van der Waals surface area contributed by atoms with Gasteiger partial charge in [0.25, 0.3) is 5.56 Å². The van der Waals surface area contributed by atoms with Gasteiger partial charge >= 0.3 is 0 Å². The lowest BCUT2D eigenvalue weighted by Crippen LogP contribution is -2.48. The van der Waals surface area contributed by atoms with E-state index in [-0.39, 0.29) is 40.8 Å². The molecule has 0 spiro atoms. The topological polar surface area (TPSA) is 147 Å². The predicted molar refractivity (Wildman–Crippen MR) is 130 cm³/mol. The van der Waals surface area contributed by atoms with Crippen molar-refractivity contribution in [3.05, 3.63) is 28.3 Å². The van der Waals surface area contributed by atoms with Crippen molar-refractivity contribution >= 4 is 21.1 Å². The van der Waals surface area contributed by atoms with E-state index in [4.69, 9.17) is 4.74 Å². The van der Waals surface area contributed by atoms with Crippen molar-refractivity contribution in [2.75, 3.05) is 45.9 Å². The fraction of sp³-hybridized carbons (Fsp3) is 0.545. The normalized spacial score (nSPS) is 15.7. The molecule has 3 aromatic heterocycles. The minimum absolute atomic E-state index is 0.00957. The molecule has 13 heteroatoms. The average Bonchev–Trinajstić information content (AvgIpc) is 3.22. The number of hydrogen-bond acceptors (Lipinski definition) is 9. The number of hydrogen-bond donors (Lipinski definition) is 2. The standard InChI is InChI=1S/C22H31N7O5S/c1-4-17-18-19(26-29(17)11-12-30)21(31)25-20(24-18)16-13-15(14-23-22(16)34-6-3)35(32,33)28-9-7-27(5-2)8-10-28/h13-14,30H,4-12H2,1-3H3,(H,24,25,31). The lowest BCUT2D eigenvalue weighted by Gasteiger charge is -2.33. The van der Waals surface area contributed by atoms with Crippen molar-refractivity contribution in [2.45, 2.75) is 38.6 Å². The molecule has 0 radical (unpaired) electrons. The van der Waals surface area contributed by atoms with E-state index in [2.05, 4.69) is 31.9 Å². The largest absolute Gasteiger partial charge is 0.477 e. The van der Waals surface area contributed by atoms with Crippen LogP contribution in [0.5, 0.6) is 5.88 Å². The van der Waals surface area contributed by atoms with E-state index in [0.717, 1.165) is 6.54 Å². The summed E-state index contributed by atoms with van der Waals surface area (Å²) in [5.74, 6) is 0.315. The minimum Gasteiger partial charge on any atom is -0.477 e. The molecule has 190 valence electrons. The van der Waals surface area contributed by atoms with Crippen LogP contribution in [0.3, 0.4) is 0 Å². The number of ether oxygens (including phenoxy) is 1. The second-order valence-electron chi connectivity index (χ2n) is 8.15. The van der Waals surface area contributed by atoms with Gasteiger partial charge in [0.2, 0.25) is 15.9 Å². The number of likely N-dealkylation sites (N-methyl/N-ethyl adjacent to an activating group) is 1. The van der Waals surface area contributed by atoms with Crippen LogP contribution in [0.4, 0.5) is 0 Å². The molecule has 2 N–H and O–H groups in total. The number of nitrogens with zero attached hydrogens (tertiary/aromatic N) is 6. The van der Waals surface area contributed by atoms with E-state index in [1.54, 1.807) is 11.6 Å². The van der Waals surface area contributed by atoms with Crippen LogP contribution in [0.25, 0.3) is 22.4 Å². The summed E-state index contributed by atoms with van der Waals surface area (Å²) in [6, 6.07) is 1.45. The van der Waals surface area contributed by atoms with Crippen LogP contribution in [-0.2, 0) is 23.0 Å². The number of aliphatic hydroxyl groups excluding tert-OH is 1. The first-order valence-corrected chi connectivity index (χ1v) is 13.2. The number of piperazine rings is 1. The molecule has 0 aliphatic carbocycles. The molecule has 0 amide bonds. The monoisotopic (exact) mass is 505 g/mol. The maximum Gasteiger partial charge on any atom is 0.279 e. The third-order valence-electron chi connectivity index (χ3n) is 6.13. The second-order valence-corrected chi connectivity index (χ2v) is 10.1. The molecule has 1 aliphatic rings. The predicted octanol–water partition coefficient (Wildman–Crippen LogP) is 0.461. The molecule has 12 nitrogen and oxygen atoms in total. The van der Waals surface area contributed by atoms with Gasteiger partial charge in [0.05, 0.1) is 37.2 Å². The van der Waals surface area contributed by atoms with Gasteiger partial charge in [-0.15, -0.1) is 0 Å².